The van der Waals surface area contributed by atoms with E-state index in [1.54, 1.807) is 18.4 Å². The normalized spacial score (nSPS) is 17.7. The van der Waals surface area contributed by atoms with Gasteiger partial charge in [0.15, 0.2) is 4.96 Å². The molecular formula is C31H40Cl2FN5O3S. The van der Waals surface area contributed by atoms with Crippen molar-refractivity contribution in [3.8, 4) is 17.0 Å². The highest BCUT2D eigenvalue weighted by atomic mass is 35.5. The van der Waals surface area contributed by atoms with Crippen LogP contribution in [-0.2, 0) is 11.2 Å². The standard InChI is InChI=1S/C31H38FN5O3S.2ClH/c1-39-16-17-40-27-19-26-28(18-23(27)30(33)38)41-31-35-29(21-8-6-20(7-9-21)24-4-2-12-34-24)25(37(26)31)5-3-13-36-14-10-22(32)11-15-36;;/h6-9,18-19,22,24,34H,2-5,10-17H2,1H3,(H2,33,38);2*1H. The minimum atomic E-state index is -0.669. The first-order valence-electron chi connectivity index (χ1n) is 14.6. The van der Waals surface area contributed by atoms with Crippen molar-refractivity contribution in [2.24, 2.45) is 5.73 Å². The van der Waals surface area contributed by atoms with Gasteiger partial charge in [0.25, 0.3) is 5.91 Å². The molecule has 2 saturated heterocycles. The quantitative estimate of drug-likeness (QED) is 0.194. The summed E-state index contributed by atoms with van der Waals surface area (Å²) in [6, 6.07) is 12.9. The zero-order chi connectivity index (χ0) is 28.3. The molecule has 1 unspecified atom stereocenters. The second-order valence-corrected chi connectivity index (χ2v) is 12.0. The number of halogens is 3. The number of benzene rings is 2. The number of primary amides is 1. The first-order valence-corrected chi connectivity index (χ1v) is 15.4. The summed E-state index contributed by atoms with van der Waals surface area (Å²) in [7, 11) is 1.61. The van der Waals surface area contributed by atoms with Crippen molar-refractivity contribution in [3.05, 3.63) is 53.2 Å². The molecule has 4 heterocycles. The van der Waals surface area contributed by atoms with E-state index in [1.165, 1.54) is 18.4 Å². The summed E-state index contributed by atoms with van der Waals surface area (Å²) < 4.78 is 27.9. The van der Waals surface area contributed by atoms with Gasteiger partial charge in [-0.2, -0.15) is 0 Å². The number of fused-ring (bicyclic) bond motifs is 3. The third-order valence-corrected chi connectivity index (χ3v) is 9.31. The number of nitrogens with zero attached hydrogens (tertiary/aromatic N) is 3. The molecule has 0 spiro atoms. The number of hydrogen-bond donors (Lipinski definition) is 2. The predicted molar refractivity (Wildman–Crippen MR) is 175 cm³/mol. The summed E-state index contributed by atoms with van der Waals surface area (Å²) in [5.41, 5.74) is 11.5. The third-order valence-electron chi connectivity index (χ3n) is 8.31. The van der Waals surface area contributed by atoms with Gasteiger partial charge in [-0.05, 0) is 63.2 Å². The lowest BCUT2D eigenvalue weighted by Gasteiger charge is -2.28. The number of rotatable bonds is 11. The molecule has 0 saturated carbocycles. The van der Waals surface area contributed by atoms with Gasteiger partial charge in [-0.1, -0.05) is 35.6 Å². The molecule has 1 amide bonds. The summed E-state index contributed by atoms with van der Waals surface area (Å²) in [5, 5.41) is 3.58. The lowest BCUT2D eigenvalue weighted by molar-refractivity contribution is 0.0992. The van der Waals surface area contributed by atoms with Crippen molar-refractivity contribution in [2.45, 2.75) is 50.7 Å². The molecule has 0 radical (unpaired) electrons. The van der Waals surface area contributed by atoms with E-state index in [0.717, 1.165) is 71.1 Å². The summed E-state index contributed by atoms with van der Waals surface area (Å²) >= 11 is 1.55. The number of aryl methyl sites for hydroxylation is 1. The zero-order valence-corrected chi connectivity index (χ0v) is 26.8. The number of aromatic nitrogens is 2. The van der Waals surface area contributed by atoms with E-state index in [0.29, 0.717) is 43.4 Å². The van der Waals surface area contributed by atoms with Crippen LogP contribution in [0.2, 0.25) is 0 Å². The number of alkyl halides is 1. The maximum absolute atomic E-state index is 13.7. The fourth-order valence-electron chi connectivity index (χ4n) is 6.10. The van der Waals surface area contributed by atoms with Crippen molar-refractivity contribution >= 4 is 57.2 Å². The molecule has 2 aliphatic heterocycles. The fourth-order valence-corrected chi connectivity index (χ4v) is 7.16. The third kappa shape index (κ3) is 7.27. The number of likely N-dealkylation sites (tertiary alicyclic amines) is 1. The SMILES string of the molecule is COCCOc1cc2c(cc1C(N)=O)sc1nc(-c3ccc(C4CCCN4)cc3)c(CCCN3CCC(F)CC3)n12.Cl.Cl. The van der Waals surface area contributed by atoms with Crippen molar-refractivity contribution < 1.29 is 18.7 Å². The number of methoxy groups -OCH3 is 1. The van der Waals surface area contributed by atoms with Crippen LogP contribution in [0.1, 0.15) is 59.8 Å². The number of amides is 1. The van der Waals surface area contributed by atoms with Gasteiger partial charge in [-0.15, -0.1) is 24.8 Å². The van der Waals surface area contributed by atoms with Gasteiger partial charge < -0.3 is 25.4 Å². The summed E-state index contributed by atoms with van der Waals surface area (Å²) in [5.74, 6) is -0.0781. The molecule has 234 valence electrons. The highest BCUT2D eigenvalue weighted by Gasteiger charge is 2.23. The molecule has 0 aliphatic carbocycles. The molecule has 43 heavy (non-hydrogen) atoms. The average Bonchev–Trinajstić information content (AvgIpc) is 3.71. The maximum atomic E-state index is 13.7. The Bertz CT molecular complexity index is 1520. The van der Waals surface area contributed by atoms with Crippen molar-refractivity contribution in [1.29, 1.82) is 0 Å². The van der Waals surface area contributed by atoms with Crippen LogP contribution in [0.25, 0.3) is 26.4 Å². The zero-order valence-electron chi connectivity index (χ0n) is 24.4. The molecule has 3 N–H and O–H groups in total. The second kappa shape index (κ2) is 15.0. The van der Waals surface area contributed by atoms with Crippen molar-refractivity contribution in [3.63, 3.8) is 0 Å². The van der Waals surface area contributed by atoms with Gasteiger partial charge in [0.1, 0.15) is 18.5 Å². The van der Waals surface area contributed by atoms with Crippen LogP contribution in [0.3, 0.4) is 0 Å². The molecule has 1 atom stereocenters. The number of hydrogen-bond acceptors (Lipinski definition) is 7. The Kier molecular flexibility index (Phi) is 11.7. The first-order chi connectivity index (χ1) is 20.0. The molecule has 8 nitrogen and oxygen atoms in total. The Morgan fingerprint density at radius 2 is 1.91 bits per heavy atom. The Morgan fingerprint density at radius 3 is 2.58 bits per heavy atom. The predicted octanol–water partition coefficient (Wildman–Crippen LogP) is 5.97. The molecule has 4 aromatic rings. The molecule has 2 fully saturated rings. The van der Waals surface area contributed by atoms with E-state index in [2.05, 4.69) is 38.9 Å². The fraction of sp³-hybridized carbons (Fsp3) is 0.484. The van der Waals surface area contributed by atoms with Gasteiger partial charge >= 0.3 is 0 Å². The minimum absolute atomic E-state index is 0. The Hall–Kier alpha value is -2.47. The van der Waals surface area contributed by atoms with E-state index < -0.39 is 12.1 Å². The molecule has 0 bridgehead atoms. The smallest absolute Gasteiger partial charge is 0.252 e. The number of nitrogens with two attached hydrogens (primary N) is 1. The average molecular weight is 653 g/mol. The van der Waals surface area contributed by atoms with Crippen LogP contribution in [0, 0.1) is 0 Å². The van der Waals surface area contributed by atoms with E-state index >= 15 is 0 Å². The van der Waals surface area contributed by atoms with Gasteiger partial charge in [0.2, 0.25) is 0 Å². The molecule has 6 rings (SSSR count). The van der Waals surface area contributed by atoms with Crippen LogP contribution in [0.4, 0.5) is 4.39 Å². The topological polar surface area (TPSA) is 94.1 Å². The number of imidazole rings is 1. The van der Waals surface area contributed by atoms with Crippen LogP contribution < -0.4 is 15.8 Å². The molecule has 12 heteroatoms. The first kappa shape index (κ1) is 33.4. The minimum Gasteiger partial charge on any atom is -0.490 e. The van der Waals surface area contributed by atoms with Crippen molar-refractivity contribution in [1.82, 2.24) is 19.6 Å². The number of carbonyl (C=O) groups excluding carboxylic acids is 1. The number of carbonyl (C=O) groups is 1. The lowest BCUT2D eigenvalue weighted by Crippen LogP contribution is -2.35. The second-order valence-electron chi connectivity index (χ2n) is 11.0. The van der Waals surface area contributed by atoms with E-state index in [-0.39, 0.29) is 24.8 Å². The van der Waals surface area contributed by atoms with Crippen molar-refractivity contribution in [2.75, 3.05) is 46.5 Å². The number of nitrogens with one attached hydrogen (secondary N) is 1. The molecular weight excluding hydrogens is 612 g/mol. The van der Waals surface area contributed by atoms with Gasteiger partial charge in [0.05, 0.1) is 33.8 Å². The summed E-state index contributed by atoms with van der Waals surface area (Å²) in [4.78, 5) is 20.6. The Morgan fingerprint density at radius 1 is 1.14 bits per heavy atom. The largest absolute Gasteiger partial charge is 0.490 e. The highest BCUT2D eigenvalue weighted by molar-refractivity contribution is 7.23. The van der Waals surface area contributed by atoms with Crippen LogP contribution in [-0.4, -0.2) is 72.9 Å². The van der Waals surface area contributed by atoms with Crippen LogP contribution in [0.15, 0.2) is 36.4 Å². The van der Waals surface area contributed by atoms with Gasteiger partial charge in [-0.25, -0.2) is 9.37 Å². The number of thiazole rings is 1. The molecule has 2 aliphatic rings. The summed E-state index contributed by atoms with van der Waals surface area (Å²) in [6.45, 7) is 4.33. The molecule has 2 aromatic carbocycles. The summed E-state index contributed by atoms with van der Waals surface area (Å²) in [6.07, 6.45) is 4.70. The van der Waals surface area contributed by atoms with E-state index in [9.17, 15) is 9.18 Å². The highest BCUT2D eigenvalue weighted by Crippen LogP contribution is 2.37. The Balaban J connectivity index is 0.00000212. The van der Waals surface area contributed by atoms with E-state index in [4.69, 9.17) is 20.2 Å². The Labute approximate surface area is 267 Å². The van der Waals surface area contributed by atoms with Gasteiger partial charge in [-0.3, -0.25) is 9.20 Å². The monoisotopic (exact) mass is 651 g/mol. The lowest BCUT2D eigenvalue weighted by atomic mass is 10.0. The maximum Gasteiger partial charge on any atom is 0.252 e. The van der Waals surface area contributed by atoms with Crippen LogP contribution >= 0.6 is 36.2 Å². The van der Waals surface area contributed by atoms with Gasteiger partial charge in [0, 0.05) is 37.9 Å². The number of ether oxygens (including phenoxy) is 2. The molecule has 2 aromatic heterocycles. The van der Waals surface area contributed by atoms with Crippen LogP contribution in [0.5, 0.6) is 5.75 Å². The van der Waals surface area contributed by atoms with E-state index in [1.807, 2.05) is 12.1 Å². The number of piperidine rings is 1.